The van der Waals surface area contributed by atoms with Crippen molar-refractivity contribution in [2.24, 2.45) is 0 Å². The fourth-order valence-corrected chi connectivity index (χ4v) is 4.04. The molecule has 2 rings (SSSR count). The van der Waals surface area contributed by atoms with Crippen LogP contribution in [-0.2, 0) is 21.0 Å². The molecule has 6 nitrogen and oxygen atoms in total. The number of hydrogen-bond acceptors (Lipinski definition) is 4. The van der Waals surface area contributed by atoms with E-state index in [1.54, 1.807) is 0 Å². The van der Waals surface area contributed by atoms with Crippen LogP contribution in [0.15, 0.2) is 42.5 Å². The van der Waals surface area contributed by atoms with E-state index < -0.39 is 33.7 Å². The van der Waals surface area contributed by atoms with Crippen molar-refractivity contribution in [3.05, 3.63) is 53.1 Å². The van der Waals surface area contributed by atoms with Crippen molar-refractivity contribution in [2.45, 2.75) is 19.1 Å². The number of sulfonamides is 1. The van der Waals surface area contributed by atoms with E-state index >= 15 is 0 Å². The Kier molecular flexibility index (Phi) is 6.69. The van der Waals surface area contributed by atoms with Crippen LogP contribution >= 0.6 is 11.6 Å². The molecule has 1 N–H and O–H groups in total. The molecule has 0 aliphatic heterocycles. The molecule has 158 valence electrons. The van der Waals surface area contributed by atoms with E-state index in [0.717, 1.165) is 28.8 Å². The van der Waals surface area contributed by atoms with Crippen LogP contribution in [0.3, 0.4) is 0 Å². The molecule has 1 atom stereocenters. The largest absolute Gasteiger partial charge is 0.495 e. The number of amides is 1. The molecule has 0 radical (unpaired) electrons. The smallest absolute Gasteiger partial charge is 0.416 e. The lowest BCUT2D eigenvalue weighted by molar-refractivity contribution is -0.137. The molecule has 0 fully saturated rings. The van der Waals surface area contributed by atoms with Crippen LogP contribution in [0.2, 0.25) is 5.02 Å². The van der Waals surface area contributed by atoms with Gasteiger partial charge < -0.3 is 10.1 Å². The Hall–Kier alpha value is -2.46. The number of ether oxygens (including phenoxy) is 1. The first-order valence-corrected chi connectivity index (χ1v) is 10.4. The van der Waals surface area contributed by atoms with E-state index in [1.807, 2.05) is 0 Å². The van der Waals surface area contributed by atoms with Crippen molar-refractivity contribution in [1.82, 2.24) is 0 Å². The summed E-state index contributed by atoms with van der Waals surface area (Å²) in [6.07, 6.45) is -3.68. The summed E-state index contributed by atoms with van der Waals surface area (Å²) >= 11 is 6.04. The minimum Gasteiger partial charge on any atom is -0.495 e. The number of nitrogens with one attached hydrogen (secondary N) is 1. The van der Waals surface area contributed by atoms with Gasteiger partial charge in [0.05, 0.1) is 29.6 Å². The van der Waals surface area contributed by atoms with Crippen molar-refractivity contribution in [3.8, 4) is 5.75 Å². The van der Waals surface area contributed by atoms with Crippen LogP contribution < -0.4 is 14.4 Å². The first kappa shape index (κ1) is 22.8. The zero-order valence-electron chi connectivity index (χ0n) is 15.6. The van der Waals surface area contributed by atoms with Gasteiger partial charge >= 0.3 is 6.18 Å². The maximum Gasteiger partial charge on any atom is 0.416 e. The van der Waals surface area contributed by atoms with Crippen LogP contribution in [0.5, 0.6) is 5.75 Å². The summed E-state index contributed by atoms with van der Waals surface area (Å²) in [6.45, 7) is 1.31. The minimum atomic E-state index is -4.58. The number of benzene rings is 2. The molecule has 2 aromatic rings. The van der Waals surface area contributed by atoms with Crippen molar-refractivity contribution >= 4 is 38.9 Å². The second-order valence-electron chi connectivity index (χ2n) is 6.12. The van der Waals surface area contributed by atoms with Gasteiger partial charge in [-0.05, 0) is 43.3 Å². The number of methoxy groups -OCH3 is 1. The maximum absolute atomic E-state index is 12.8. The SMILES string of the molecule is COc1ccc(N(C(C)C(=O)Nc2cccc(C(F)(F)F)c2)S(C)(=O)=O)cc1Cl. The zero-order valence-corrected chi connectivity index (χ0v) is 17.2. The standard InChI is InChI=1S/C18H18ClF3N2O4S/c1-11(17(25)23-13-6-4-5-12(9-13)18(20,21)22)24(29(3,26)27)14-7-8-16(28-2)15(19)10-14/h4-11H,1-3H3,(H,23,25). The summed E-state index contributed by atoms with van der Waals surface area (Å²) in [5.41, 5.74) is -0.951. The summed E-state index contributed by atoms with van der Waals surface area (Å²) in [5.74, 6) is -0.508. The summed E-state index contributed by atoms with van der Waals surface area (Å²) in [7, 11) is -2.54. The van der Waals surface area contributed by atoms with Gasteiger partial charge in [0, 0.05) is 5.69 Å². The fraction of sp³-hybridized carbons (Fsp3) is 0.278. The van der Waals surface area contributed by atoms with Crippen LogP contribution in [0.1, 0.15) is 12.5 Å². The van der Waals surface area contributed by atoms with E-state index in [0.29, 0.717) is 5.75 Å². The molecule has 0 heterocycles. The molecule has 0 saturated heterocycles. The second-order valence-corrected chi connectivity index (χ2v) is 8.39. The first-order chi connectivity index (χ1) is 13.3. The normalized spacial score (nSPS) is 12.9. The van der Waals surface area contributed by atoms with Crippen LogP contribution in [0.25, 0.3) is 0 Å². The Balaban J connectivity index is 2.34. The van der Waals surface area contributed by atoms with Gasteiger partial charge in [0.1, 0.15) is 11.8 Å². The molecular weight excluding hydrogens is 433 g/mol. The van der Waals surface area contributed by atoms with Crippen molar-refractivity contribution < 1.29 is 31.1 Å². The Morgan fingerprint density at radius 2 is 1.86 bits per heavy atom. The number of carbonyl (C=O) groups is 1. The molecule has 1 unspecified atom stereocenters. The van der Waals surface area contributed by atoms with Crippen LogP contribution in [-0.4, -0.2) is 33.7 Å². The highest BCUT2D eigenvalue weighted by Gasteiger charge is 2.32. The van der Waals surface area contributed by atoms with Gasteiger partial charge in [-0.25, -0.2) is 8.42 Å². The maximum atomic E-state index is 12.8. The second kappa shape index (κ2) is 8.50. The number of alkyl halides is 3. The van der Waals surface area contributed by atoms with Crippen LogP contribution in [0.4, 0.5) is 24.5 Å². The van der Waals surface area contributed by atoms with E-state index in [2.05, 4.69) is 5.32 Å². The summed E-state index contributed by atoms with van der Waals surface area (Å²) in [5, 5.41) is 2.44. The molecule has 0 aliphatic carbocycles. The number of halogens is 4. The highest BCUT2D eigenvalue weighted by molar-refractivity contribution is 7.92. The number of carbonyl (C=O) groups excluding carboxylic acids is 1. The van der Waals surface area contributed by atoms with E-state index in [1.165, 1.54) is 38.3 Å². The van der Waals surface area contributed by atoms with Gasteiger partial charge in [0.2, 0.25) is 15.9 Å². The van der Waals surface area contributed by atoms with Crippen molar-refractivity contribution in [3.63, 3.8) is 0 Å². The van der Waals surface area contributed by atoms with Crippen molar-refractivity contribution in [1.29, 1.82) is 0 Å². The fourth-order valence-electron chi connectivity index (χ4n) is 2.62. The lowest BCUT2D eigenvalue weighted by Crippen LogP contribution is -2.45. The number of rotatable bonds is 6. The van der Waals surface area contributed by atoms with Crippen LogP contribution in [0, 0.1) is 0 Å². The third-order valence-electron chi connectivity index (χ3n) is 3.94. The number of nitrogens with zero attached hydrogens (tertiary/aromatic N) is 1. The quantitative estimate of drug-likeness (QED) is 0.717. The predicted molar refractivity (Wildman–Crippen MR) is 105 cm³/mol. The van der Waals surface area contributed by atoms with E-state index in [-0.39, 0.29) is 16.4 Å². The average Bonchev–Trinajstić information content (AvgIpc) is 2.60. The lowest BCUT2D eigenvalue weighted by Gasteiger charge is -2.28. The number of anilines is 2. The highest BCUT2D eigenvalue weighted by atomic mass is 35.5. The number of hydrogen-bond donors (Lipinski definition) is 1. The van der Waals surface area contributed by atoms with E-state index in [4.69, 9.17) is 16.3 Å². The first-order valence-electron chi connectivity index (χ1n) is 8.15. The van der Waals surface area contributed by atoms with Crippen molar-refractivity contribution in [2.75, 3.05) is 23.0 Å². The summed E-state index contributed by atoms with van der Waals surface area (Å²) in [6, 6.07) is 6.92. The molecule has 1 amide bonds. The van der Waals surface area contributed by atoms with Gasteiger partial charge in [-0.1, -0.05) is 17.7 Å². The third-order valence-corrected chi connectivity index (χ3v) is 5.47. The molecule has 11 heteroatoms. The minimum absolute atomic E-state index is 0.102. The average molecular weight is 451 g/mol. The van der Waals surface area contributed by atoms with E-state index in [9.17, 15) is 26.4 Å². The third kappa shape index (κ3) is 5.54. The zero-order chi connectivity index (χ0) is 22.0. The van der Waals surface area contributed by atoms with Gasteiger partial charge in [-0.3, -0.25) is 9.10 Å². The highest BCUT2D eigenvalue weighted by Crippen LogP contribution is 2.32. The molecule has 2 aromatic carbocycles. The Morgan fingerprint density at radius 3 is 2.38 bits per heavy atom. The predicted octanol–water partition coefficient (Wildman–Crippen LogP) is 4.16. The molecule has 29 heavy (non-hydrogen) atoms. The summed E-state index contributed by atoms with van der Waals surface area (Å²) < 4.78 is 69.0. The topological polar surface area (TPSA) is 75.7 Å². The van der Waals surface area contributed by atoms with Gasteiger partial charge in [-0.2, -0.15) is 13.2 Å². The van der Waals surface area contributed by atoms with Gasteiger partial charge in [-0.15, -0.1) is 0 Å². The Morgan fingerprint density at radius 1 is 1.21 bits per heavy atom. The van der Waals surface area contributed by atoms with Gasteiger partial charge in [0.25, 0.3) is 0 Å². The molecular formula is C18H18ClF3N2O4S. The molecule has 0 bridgehead atoms. The Bertz CT molecular complexity index is 1010. The lowest BCUT2D eigenvalue weighted by atomic mass is 10.2. The van der Waals surface area contributed by atoms with Gasteiger partial charge in [0.15, 0.2) is 0 Å². The molecule has 0 aliphatic rings. The molecule has 0 saturated carbocycles. The Labute approximate surface area is 171 Å². The molecule has 0 aromatic heterocycles. The monoisotopic (exact) mass is 450 g/mol. The molecule has 0 spiro atoms. The summed E-state index contributed by atoms with van der Waals surface area (Å²) in [4.78, 5) is 12.6.